The summed E-state index contributed by atoms with van der Waals surface area (Å²) in [6, 6.07) is 6.84. The molecule has 0 atom stereocenters. The van der Waals surface area contributed by atoms with Gasteiger partial charge in [0.15, 0.2) is 5.82 Å². The van der Waals surface area contributed by atoms with Crippen LogP contribution in [0.5, 0.6) is 5.75 Å². The fourth-order valence-corrected chi connectivity index (χ4v) is 5.37. The van der Waals surface area contributed by atoms with Crippen molar-refractivity contribution < 1.29 is 13.9 Å². The first kappa shape index (κ1) is 19.1. The molecular weight excluding hydrogens is 397 g/mol. The van der Waals surface area contributed by atoms with Gasteiger partial charge in [-0.15, -0.1) is 0 Å². The van der Waals surface area contributed by atoms with E-state index in [0.717, 1.165) is 44.6 Å². The lowest BCUT2D eigenvalue weighted by atomic mass is 9.61. The summed E-state index contributed by atoms with van der Waals surface area (Å²) in [5, 5.41) is 4.67. The summed E-state index contributed by atoms with van der Waals surface area (Å²) >= 11 is 0. The third kappa shape index (κ3) is 3.66. The van der Waals surface area contributed by atoms with E-state index in [9.17, 15) is 9.18 Å². The Labute approximate surface area is 181 Å². The van der Waals surface area contributed by atoms with Gasteiger partial charge in [-0.1, -0.05) is 6.07 Å². The van der Waals surface area contributed by atoms with Gasteiger partial charge in [0, 0.05) is 56.4 Å². The van der Waals surface area contributed by atoms with Crippen molar-refractivity contribution >= 4 is 6.03 Å². The number of halogens is 1. The maximum absolute atomic E-state index is 13.3. The van der Waals surface area contributed by atoms with E-state index < -0.39 is 0 Å². The number of amides is 2. The average Bonchev–Trinajstić information content (AvgIpc) is 3.44. The molecule has 1 aromatic carbocycles. The highest BCUT2D eigenvalue weighted by Crippen LogP contribution is 2.54. The number of aromatic nitrogens is 3. The molecule has 1 spiro atoms. The minimum atomic E-state index is -0.290. The topological polar surface area (TPSA) is 63.5 Å². The lowest BCUT2D eigenvalue weighted by Crippen LogP contribution is -2.66. The Morgan fingerprint density at radius 1 is 1.10 bits per heavy atom. The molecule has 2 aliphatic heterocycles. The van der Waals surface area contributed by atoms with E-state index in [1.807, 2.05) is 20.8 Å². The highest BCUT2D eigenvalue weighted by atomic mass is 19.1. The van der Waals surface area contributed by atoms with Gasteiger partial charge in [-0.05, 0) is 37.8 Å². The fourth-order valence-electron chi connectivity index (χ4n) is 5.37. The first-order valence-corrected chi connectivity index (χ1v) is 11.4. The van der Waals surface area contributed by atoms with Crippen LogP contribution >= 0.6 is 0 Å². The first-order valence-electron chi connectivity index (χ1n) is 11.4. The van der Waals surface area contributed by atoms with Gasteiger partial charge >= 0.3 is 6.03 Å². The van der Waals surface area contributed by atoms with Crippen molar-refractivity contribution in [3.63, 3.8) is 0 Å². The highest BCUT2D eigenvalue weighted by Gasteiger charge is 2.55. The van der Waals surface area contributed by atoms with Crippen molar-refractivity contribution in [3.8, 4) is 5.75 Å². The van der Waals surface area contributed by atoms with E-state index >= 15 is 0 Å². The second kappa shape index (κ2) is 7.21. The number of urea groups is 1. The van der Waals surface area contributed by atoms with Crippen molar-refractivity contribution in [2.75, 3.05) is 26.2 Å². The molecule has 31 heavy (non-hydrogen) atoms. The third-order valence-electron chi connectivity index (χ3n) is 7.31. The monoisotopic (exact) mass is 425 g/mol. The number of rotatable bonds is 4. The van der Waals surface area contributed by atoms with Gasteiger partial charge in [0.1, 0.15) is 24.0 Å². The number of benzene rings is 1. The van der Waals surface area contributed by atoms with E-state index in [0.29, 0.717) is 30.8 Å². The third-order valence-corrected chi connectivity index (χ3v) is 7.31. The van der Waals surface area contributed by atoms with Gasteiger partial charge in [0.2, 0.25) is 0 Å². The summed E-state index contributed by atoms with van der Waals surface area (Å²) in [6.07, 6.45) is 8.11. The van der Waals surface area contributed by atoms with Gasteiger partial charge in [-0.2, -0.15) is 5.10 Å². The number of nitrogens with zero attached hydrogens (tertiary/aromatic N) is 5. The van der Waals surface area contributed by atoms with Crippen molar-refractivity contribution in [2.45, 2.75) is 56.6 Å². The molecule has 2 aliphatic carbocycles. The molecule has 0 bridgehead atoms. The zero-order chi connectivity index (χ0) is 21.0. The number of ether oxygens (including phenoxy) is 1. The van der Waals surface area contributed by atoms with E-state index in [-0.39, 0.29) is 23.4 Å². The van der Waals surface area contributed by atoms with Crippen LogP contribution in [-0.4, -0.2) is 62.9 Å². The smallest absolute Gasteiger partial charge is 0.320 e. The molecule has 2 aromatic rings. The van der Waals surface area contributed by atoms with E-state index in [4.69, 9.17) is 4.74 Å². The maximum atomic E-state index is 13.3. The molecule has 3 heterocycles. The van der Waals surface area contributed by atoms with Gasteiger partial charge < -0.3 is 14.5 Å². The molecule has 4 aliphatic rings. The van der Waals surface area contributed by atoms with Crippen LogP contribution < -0.4 is 4.74 Å². The normalized spacial score (nSPS) is 23.5. The number of carbonyl (C=O) groups excluding carboxylic acids is 1. The SMILES string of the molecule is O=C(N1CCC(Oc2cccc(F)c2)CC1)N1CC2(CC(n3cnc(C4CC4)n3)C2)C1. The Balaban J connectivity index is 0.954. The summed E-state index contributed by atoms with van der Waals surface area (Å²) in [6.45, 7) is 3.08. The molecular formula is C23H28FN5O2. The molecule has 7 nitrogen and oxygen atoms in total. The second-order valence-electron chi connectivity index (χ2n) is 9.82. The second-order valence-corrected chi connectivity index (χ2v) is 9.82. The Morgan fingerprint density at radius 3 is 2.58 bits per heavy atom. The zero-order valence-electron chi connectivity index (χ0n) is 17.6. The maximum Gasteiger partial charge on any atom is 0.320 e. The summed E-state index contributed by atoms with van der Waals surface area (Å²) in [4.78, 5) is 21.3. The van der Waals surface area contributed by atoms with E-state index in [2.05, 4.69) is 10.1 Å². The summed E-state index contributed by atoms with van der Waals surface area (Å²) in [5.41, 5.74) is 0.283. The molecule has 1 aromatic heterocycles. The molecule has 2 saturated heterocycles. The van der Waals surface area contributed by atoms with Crippen molar-refractivity contribution in [2.24, 2.45) is 5.41 Å². The van der Waals surface area contributed by atoms with Crippen LogP contribution in [0.15, 0.2) is 30.6 Å². The highest BCUT2D eigenvalue weighted by molar-refractivity contribution is 5.75. The molecule has 6 rings (SSSR count). The van der Waals surface area contributed by atoms with Crippen LogP contribution in [0, 0.1) is 11.2 Å². The summed E-state index contributed by atoms with van der Waals surface area (Å²) < 4.78 is 21.3. The molecule has 164 valence electrons. The minimum absolute atomic E-state index is 0.0317. The first-order chi connectivity index (χ1) is 15.1. The molecule has 0 unspecified atom stereocenters. The molecule has 2 amide bonds. The number of hydrogen-bond acceptors (Lipinski definition) is 4. The van der Waals surface area contributed by atoms with Crippen molar-refractivity contribution in [1.29, 1.82) is 0 Å². The Bertz CT molecular complexity index is 968. The molecule has 2 saturated carbocycles. The van der Waals surface area contributed by atoms with Crippen LogP contribution in [0.3, 0.4) is 0 Å². The molecule has 8 heteroatoms. The van der Waals surface area contributed by atoms with E-state index in [1.54, 1.807) is 12.1 Å². The predicted octanol–water partition coefficient (Wildman–Crippen LogP) is 3.59. The Kier molecular flexibility index (Phi) is 4.43. The van der Waals surface area contributed by atoms with Gasteiger partial charge in [0.25, 0.3) is 0 Å². The Hall–Kier alpha value is -2.64. The zero-order valence-corrected chi connectivity index (χ0v) is 17.6. The molecule has 4 fully saturated rings. The van der Waals surface area contributed by atoms with Crippen molar-refractivity contribution in [3.05, 3.63) is 42.2 Å². The van der Waals surface area contributed by atoms with Crippen LogP contribution in [0.2, 0.25) is 0 Å². The predicted molar refractivity (Wildman–Crippen MR) is 111 cm³/mol. The number of carbonyl (C=O) groups is 1. The summed E-state index contributed by atoms with van der Waals surface area (Å²) in [5.74, 6) is 1.87. The van der Waals surface area contributed by atoms with Crippen LogP contribution in [0.25, 0.3) is 0 Å². The molecule has 0 radical (unpaired) electrons. The van der Waals surface area contributed by atoms with E-state index in [1.165, 1.54) is 25.0 Å². The Morgan fingerprint density at radius 2 is 1.87 bits per heavy atom. The standard InChI is InChI=1S/C23H28FN5O2/c24-17-2-1-3-20(10-17)31-19-6-8-27(9-7-19)22(30)28-13-23(14-28)11-18(12-23)29-15-25-21(26-29)16-4-5-16/h1-3,10,15-16,18-19H,4-9,11-14H2. The lowest BCUT2D eigenvalue weighted by molar-refractivity contribution is -0.0755. The minimum Gasteiger partial charge on any atom is -0.490 e. The van der Waals surface area contributed by atoms with Crippen LogP contribution in [0.1, 0.15) is 56.3 Å². The number of hydrogen-bond donors (Lipinski definition) is 0. The number of piperidine rings is 1. The molecule has 0 N–H and O–H groups in total. The van der Waals surface area contributed by atoms with Crippen LogP contribution in [0.4, 0.5) is 9.18 Å². The largest absolute Gasteiger partial charge is 0.490 e. The van der Waals surface area contributed by atoms with Crippen LogP contribution in [-0.2, 0) is 0 Å². The fraction of sp³-hybridized carbons (Fsp3) is 0.609. The number of likely N-dealkylation sites (tertiary alicyclic amines) is 2. The summed E-state index contributed by atoms with van der Waals surface area (Å²) in [7, 11) is 0. The van der Waals surface area contributed by atoms with Crippen molar-refractivity contribution in [1.82, 2.24) is 24.6 Å². The van der Waals surface area contributed by atoms with Gasteiger partial charge in [-0.3, -0.25) is 0 Å². The van der Waals surface area contributed by atoms with Gasteiger partial charge in [-0.25, -0.2) is 18.9 Å². The van der Waals surface area contributed by atoms with Gasteiger partial charge in [0.05, 0.1) is 6.04 Å². The average molecular weight is 426 g/mol. The quantitative estimate of drug-likeness (QED) is 0.751. The lowest BCUT2D eigenvalue weighted by Gasteiger charge is -2.59.